The number of phenolic OH excluding ortho intramolecular Hbond substituents is 1. The van der Waals surface area contributed by atoms with Crippen molar-refractivity contribution in [3.05, 3.63) is 53.6 Å². The van der Waals surface area contributed by atoms with Gasteiger partial charge in [0.1, 0.15) is 0 Å². The molecule has 0 amide bonds. The van der Waals surface area contributed by atoms with E-state index in [0.29, 0.717) is 17.1 Å². The second-order valence-corrected chi connectivity index (χ2v) is 5.75. The molecule has 27 heavy (non-hydrogen) atoms. The topological polar surface area (TPSA) is 109 Å². The largest absolute Gasteiger partial charge is 0.504 e. The van der Waals surface area contributed by atoms with Gasteiger partial charge in [0, 0.05) is 6.42 Å². The zero-order valence-corrected chi connectivity index (χ0v) is 15.2. The van der Waals surface area contributed by atoms with Gasteiger partial charge in [0.25, 0.3) is 0 Å². The van der Waals surface area contributed by atoms with Gasteiger partial charge in [0.05, 0.1) is 26.9 Å². The van der Waals surface area contributed by atoms with Crippen LogP contribution in [0, 0.1) is 0 Å². The number of hydrogen-bond acceptors (Lipinski definition) is 7. The van der Waals surface area contributed by atoms with Crippen molar-refractivity contribution in [1.29, 1.82) is 0 Å². The Morgan fingerprint density at radius 3 is 2.37 bits per heavy atom. The van der Waals surface area contributed by atoms with Gasteiger partial charge in [-0.25, -0.2) is 0 Å². The van der Waals surface area contributed by atoms with E-state index >= 15 is 0 Å². The molecule has 146 valence electrons. The van der Waals surface area contributed by atoms with E-state index in [4.69, 9.17) is 19.3 Å². The molecule has 0 saturated heterocycles. The molecule has 0 aliphatic heterocycles. The van der Waals surface area contributed by atoms with E-state index in [1.807, 2.05) is 0 Å². The average Bonchev–Trinajstić information content (AvgIpc) is 2.67. The van der Waals surface area contributed by atoms with Crippen LogP contribution in [0.5, 0.6) is 23.0 Å². The van der Waals surface area contributed by atoms with Crippen molar-refractivity contribution in [2.45, 2.75) is 18.8 Å². The number of benzene rings is 2. The summed E-state index contributed by atoms with van der Waals surface area (Å²) in [6.45, 7) is -0.0702. The first-order valence-corrected chi connectivity index (χ1v) is 8.33. The van der Waals surface area contributed by atoms with Crippen molar-refractivity contribution < 1.29 is 34.6 Å². The first kappa shape index (κ1) is 20.6. The van der Waals surface area contributed by atoms with Crippen LogP contribution < -0.4 is 14.2 Å². The lowest BCUT2D eigenvalue weighted by atomic mass is 10.1. The van der Waals surface area contributed by atoms with Gasteiger partial charge < -0.3 is 34.6 Å². The highest BCUT2D eigenvalue weighted by Gasteiger charge is 2.18. The Morgan fingerprint density at radius 2 is 1.70 bits per heavy atom. The van der Waals surface area contributed by atoms with Crippen LogP contribution in [0.3, 0.4) is 0 Å². The molecule has 2 rings (SSSR count). The number of rotatable bonds is 9. The molecule has 0 spiro atoms. The molecule has 2 atom stereocenters. The van der Waals surface area contributed by atoms with Gasteiger partial charge in [0.15, 0.2) is 29.3 Å². The van der Waals surface area contributed by atoms with E-state index in [-0.39, 0.29) is 24.5 Å². The molecule has 0 heterocycles. The lowest BCUT2D eigenvalue weighted by Crippen LogP contribution is -2.19. The first-order chi connectivity index (χ1) is 13.0. The van der Waals surface area contributed by atoms with E-state index in [1.165, 1.54) is 32.4 Å². The van der Waals surface area contributed by atoms with Crippen molar-refractivity contribution >= 4 is 6.08 Å². The Morgan fingerprint density at radius 1 is 0.963 bits per heavy atom. The minimum atomic E-state index is -1.28. The maximum Gasteiger partial charge on any atom is 0.200 e. The van der Waals surface area contributed by atoms with Crippen LogP contribution in [0.2, 0.25) is 0 Å². The molecule has 2 unspecified atom stereocenters. The summed E-state index contributed by atoms with van der Waals surface area (Å²) < 4.78 is 15.8. The van der Waals surface area contributed by atoms with Crippen molar-refractivity contribution in [3.8, 4) is 23.0 Å². The van der Waals surface area contributed by atoms with Gasteiger partial charge in [-0.15, -0.1) is 0 Å². The number of aliphatic hydroxyl groups excluding tert-OH is 3. The number of phenols is 1. The molecule has 0 radical (unpaired) electrons. The third-order valence-corrected chi connectivity index (χ3v) is 3.88. The van der Waals surface area contributed by atoms with Crippen LogP contribution in [0.25, 0.3) is 6.08 Å². The third kappa shape index (κ3) is 5.62. The highest BCUT2D eigenvalue weighted by molar-refractivity contribution is 5.56. The SMILES string of the molecule is COc1cc(C(O)CC(O)Oc2ccc(/C=C\CO)cc2OC)ccc1O. The van der Waals surface area contributed by atoms with E-state index < -0.39 is 12.4 Å². The minimum Gasteiger partial charge on any atom is -0.504 e. The monoisotopic (exact) mass is 376 g/mol. The zero-order valence-electron chi connectivity index (χ0n) is 15.2. The van der Waals surface area contributed by atoms with Crippen molar-refractivity contribution in [1.82, 2.24) is 0 Å². The summed E-state index contributed by atoms with van der Waals surface area (Å²) >= 11 is 0. The molecule has 0 aliphatic carbocycles. The lowest BCUT2D eigenvalue weighted by molar-refractivity contribution is -0.0522. The van der Waals surface area contributed by atoms with Gasteiger partial charge in [0.2, 0.25) is 0 Å². The van der Waals surface area contributed by atoms with E-state index in [1.54, 1.807) is 30.4 Å². The molecule has 0 aliphatic rings. The Kier molecular flexibility index (Phi) is 7.48. The predicted octanol–water partition coefficient (Wildman–Crippen LogP) is 2.24. The van der Waals surface area contributed by atoms with Crippen molar-refractivity contribution in [3.63, 3.8) is 0 Å². The predicted molar refractivity (Wildman–Crippen MR) is 100.0 cm³/mol. The van der Waals surface area contributed by atoms with Gasteiger partial charge in [-0.1, -0.05) is 24.3 Å². The molecule has 2 aromatic carbocycles. The molecule has 0 bridgehead atoms. The van der Waals surface area contributed by atoms with Crippen molar-refractivity contribution in [2.24, 2.45) is 0 Å². The Balaban J connectivity index is 2.06. The van der Waals surface area contributed by atoms with Gasteiger partial charge in [-0.05, 0) is 35.4 Å². The fourth-order valence-corrected chi connectivity index (χ4v) is 2.50. The summed E-state index contributed by atoms with van der Waals surface area (Å²) in [5.74, 6) is 0.928. The fourth-order valence-electron chi connectivity index (χ4n) is 2.50. The molecule has 0 fully saturated rings. The standard InChI is InChI=1S/C20H24O7/c1-25-18-11-14(6-7-15(18)22)16(23)12-20(24)27-17-8-5-13(4-3-9-21)10-19(17)26-2/h3-8,10-11,16,20-24H,9,12H2,1-2H3/b4-3-. The highest BCUT2D eigenvalue weighted by atomic mass is 16.6. The maximum absolute atomic E-state index is 10.3. The number of aliphatic hydroxyl groups is 3. The smallest absolute Gasteiger partial charge is 0.200 e. The minimum absolute atomic E-state index is 0.0367. The average molecular weight is 376 g/mol. The first-order valence-electron chi connectivity index (χ1n) is 8.33. The maximum atomic E-state index is 10.3. The van der Waals surface area contributed by atoms with Crippen LogP contribution in [-0.4, -0.2) is 47.5 Å². The van der Waals surface area contributed by atoms with Gasteiger partial charge in [-0.3, -0.25) is 0 Å². The third-order valence-electron chi connectivity index (χ3n) is 3.88. The Bertz CT molecular complexity index is 773. The molecular formula is C20H24O7. The molecule has 0 saturated carbocycles. The summed E-state index contributed by atoms with van der Waals surface area (Å²) in [5.41, 5.74) is 1.28. The molecule has 7 heteroatoms. The number of hydrogen-bond donors (Lipinski definition) is 4. The second kappa shape index (κ2) is 9.82. The van der Waals surface area contributed by atoms with Crippen LogP contribution >= 0.6 is 0 Å². The van der Waals surface area contributed by atoms with Crippen LogP contribution in [0.15, 0.2) is 42.5 Å². The van der Waals surface area contributed by atoms with E-state index in [2.05, 4.69) is 0 Å². The molecule has 0 aromatic heterocycles. The quantitative estimate of drug-likeness (QED) is 0.497. The number of methoxy groups -OCH3 is 2. The molecule has 7 nitrogen and oxygen atoms in total. The summed E-state index contributed by atoms with van der Waals surface area (Å²) in [7, 11) is 2.89. The summed E-state index contributed by atoms with van der Waals surface area (Å²) in [4.78, 5) is 0. The Hall–Kier alpha value is -2.74. The highest BCUT2D eigenvalue weighted by Crippen LogP contribution is 2.32. The van der Waals surface area contributed by atoms with Gasteiger partial charge in [-0.2, -0.15) is 0 Å². The van der Waals surface area contributed by atoms with Crippen LogP contribution in [-0.2, 0) is 0 Å². The normalized spacial score (nSPS) is 13.4. The summed E-state index contributed by atoms with van der Waals surface area (Å²) in [6, 6.07) is 9.53. The van der Waals surface area contributed by atoms with E-state index in [0.717, 1.165) is 5.56 Å². The van der Waals surface area contributed by atoms with Crippen LogP contribution in [0.1, 0.15) is 23.7 Å². The Labute approximate surface area is 157 Å². The number of ether oxygens (including phenoxy) is 3. The zero-order chi connectivity index (χ0) is 19.8. The summed E-state index contributed by atoms with van der Waals surface area (Å²) in [5, 5.41) is 38.9. The summed E-state index contributed by atoms with van der Waals surface area (Å²) in [6.07, 6.45) is 0.917. The number of aromatic hydroxyl groups is 1. The van der Waals surface area contributed by atoms with Crippen molar-refractivity contribution in [2.75, 3.05) is 20.8 Å². The van der Waals surface area contributed by atoms with E-state index in [9.17, 15) is 15.3 Å². The molecule has 2 aromatic rings. The fraction of sp³-hybridized carbons (Fsp3) is 0.300. The lowest BCUT2D eigenvalue weighted by Gasteiger charge is -2.19. The van der Waals surface area contributed by atoms with Crippen LogP contribution in [0.4, 0.5) is 0 Å². The molecular weight excluding hydrogens is 352 g/mol. The second-order valence-electron chi connectivity index (χ2n) is 5.75. The molecule has 4 N–H and O–H groups in total. The van der Waals surface area contributed by atoms with Gasteiger partial charge >= 0.3 is 0 Å².